The number of nitrogens with zero attached hydrogens (tertiary/aromatic N) is 1. The molecule has 9 heteroatoms. The first-order chi connectivity index (χ1) is 15.9. The number of Topliss-reactive ketones (excluding diaryl/α,β-unsaturated/α-hetero) is 1. The molecule has 4 N–H and O–H groups in total. The maximum absolute atomic E-state index is 13.7. The molecule has 3 aliphatic rings. The van der Waals surface area contributed by atoms with Crippen LogP contribution in [0.4, 0.5) is 0 Å². The second-order valence-corrected chi connectivity index (χ2v) is 11.2. The number of amides is 4. The highest BCUT2D eigenvalue weighted by Crippen LogP contribution is 2.39. The van der Waals surface area contributed by atoms with Crippen molar-refractivity contribution in [2.75, 3.05) is 6.54 Å². The second kappa shape index (κ2) is 10.4. The maximum Gasteiger partial charge on any atom is 0.287 e. The number of nitrogens with two attached hydrogens (primary N) is 1. The molecule has 5 atom stereocenters. The van der Waals surface area contributed by atoms with Gasteiger partial charge in [-0.3, -0.25) is 24.0 Å². The summed E-state index contributed by atoms with van der Waals surface area (Å²) in [7, 11) is 0. The molecule has 0 spiro atoms. The van der Waals surface area contributed by atoms with E-state index in [0.29, 0.717) is 18.9 Å². The van der Waals surface area contributed by atoms with Crippen LogP contribution >= 0.6 is 0 Å². The van der Waals surface area contributed by atoms with Crippen LogP contribution < -0.4 is 16.4 Å². The Bertz CT molecular complexity index is 833. The quantitative estimate of drug-likeness (QED) is 0.382. The zero-order valence-electron chi connectivity index (χ0n) is 21.0. The fourth-order valence-electron chi connectivity index (χ4n) is 5.29. The first-order valence-corrected chi connectivity index (χ1v) is 12.7. The number of rotatable bonds is 11. The van der Waals surface area contributed by atoms with Crippen LogP contribution in [0.25, 0.3) is 0 Å². The van der Waals surface area contributed by atoms with Crippen molar-refractivity contribution in [1.29, 1.82) is 0 Å². The molecule has 1 unspecified atom stereocenters. The molecule has 190 valence electrons. The van der Waals surface area contributed by atoms with Gasteiger partial charge in [0, 0.05) is 12.5 Å². The summed E-state index contributed by atoms with van der Waals surface area (Å²) in [5.74, 6) is -2.55. The molecule has 34 heavy (non-hydrogen) atoms. The first-order valence-electron chi connectivity index (χ1n) is 12.7. The van der Waals surface area contributed by atoms with E-state index in [2.05, 4.69) is 10.6 Å². The Morgan fingerprint density at radius 1 is 0.971 bits per heavy atom. The Labute approximate surface area is 201 Å². The lowest BCUT2D eigenvalue weighted by atomic mass is 9.82. The molecule has 2 saturated carbocycles. The standard InChI is InChI=1S/C25H40N4O5/c1-12(2)18-14(5)11-29(25(34)19(16-8-9-16)28-23(32)13(3)4)20(18)24(33)27-17(10-15-6-7-15)21(30)22(26)31/h12-20H,6-11H2,1-5H3,(H2,26,31)(H,27,33)(H,28,32)/t14-,17?,18-,19-,20-/m0/s1. The topological polar surface area (TPSA) is 139 Å². The molecule has 9 nitrogen and oxygen atoms in total. The monoisotopic (exact) mass is 476 g/mol. The molecule has 0 aromatic rings. The smallest absolute Gasteiger partial charge is 0.287 e. The molecule has 1 saturated heterocycles. The number of hydrogen-bond acceptors (Lipinski definition) is 5. The van der Waals surface area contributed by atoms with Gasteiger partial charge in [-0.25, -0.2) is 0 Å². The second-order valence-electron chi connectivity index (χ2n) is 11.2. The highest BCUT2D eigenvalue weighted by molar-refractivity contribution is 6.37. The Hall–Kier alpha value is -2.45. The number of carbonyl (C=O) groups is 5. The van der Waals surface area contributed by atoms with Crippen LogP contribution in [0.1, 0.15) is 66.7 Å². The third-order valence-electron chi connectivity index (χ3n) is 7.49. The Morgan fingerprint density at radius 2 is 1.59 bits per heavy atom. The molecule has 0 aromatic carbocycles. The number of carbonyl (C=O) groups excluding carboxylic acids is 5. The van der Waals surface area contributed by atoms with E-state index < -0.39 is 35.7 Å². The van der Waals surface area contributed by atoms with Crippen molar-refractivity contribution in [2.45, 2.75) is 84.8 Å². The summed E-state index contributed by atoms with van der Waals surface area (Å²) in [5.41, 5.74) is 5.24. The van der Waals surface area contributed by atoms with Gasteiger partial charge in [-0.05, 0) is 48.9 Å². The van der Waals surface area contributed by atoms with Gasteiger partial charge in [0.2, 0.25) is 23.5 Å². The van der Waals surface area contributed by atoms with Crippen molar-refractivity contribution in [3.05, 3.63) is 0 Å². The zero-order chi connectivity index (χ0) is 25.3. The molecule has 1 heterocycles. The molecule has 3 fully saturated rings. The molecule has 1 aliphatic heterocycles. The van der Waals surface area contributed by atoms with Crippen LogP contribution in [0.2, 0.25) is 0 Å². The van der Waals surface area contributed by atoms with E-state index in [1.807, 2.05) is 20.8 Å². The molecule has 2 aliphatic carbocycles. The van der Waals surface area contributed by atoms with E-state index in [0.717, 1.165) is 25.7 Å². The summed E-state index contributed by atoms with van der Waals surface area (Å²) in [5, 5.41) is 5.68. The van der Waals surface area contributed by atoms with Gasteiger partial charge in [0.25, 0.3) is 5.91 Å². The van der Waals surface area contributed by atoms with Gasteiger partial charge in [-0.2, -0.15) is 0 Å². The minimum atomic E-state index is -1.07. The summed E-state index contributed by atoms with van der Waals surface area (Å²) in [6, 6.07) is -2.40. The van der Waals surface area contributed by atoms with Crippen molar-refractivity contribution in [2.24, 2.45) is 41.2 Å². The van der Waals surface area contributed by atoms with Gasteiger partial charge >= 0.3 is 0 Å². The average Bonchev–Trinajstić information content (AvgIpc) is 3.68. The molecule has 4 amide bonds. The Morgan fingerprint density at radius 3 is 2.06 bits per heavy atom. The van der Waals surface area contributed by atoms with Crippen molar-refractivity contribution in [3.63, 3.8) is 0 Å². The lowest BCUT2D eigenvalue weighted by Crippen LogP contribution is -2.58. The van der Waals surface area contributed by atoms with Crippen molar-refractivity contribution in [1.82, 2.24) is 15.5 Å². The average molecular weight is 477 g/mol. The summed E-state index contributed by atoms with van der Waals surface area (Å²) < 4.78 is 0. The number of primary amides is 1. The van der Waals surface area contributed by atoms with Gasteiger partial charge in [0.15, 0.2) is 0 Å². The van der Waals surface area contributed by atoms with Gasteiger partial charge in [0.05, 0.1) is 6.04 Å². The highest BCUT2D eigenvalue weighted by atomic mass is 16.2. The van der Waals surface area contributed by atoms with E-state index in [-0.39, 0.29) is 41.4 Å². The van der Waals surface area contributed by atoms with Crippen LogP contribution in [-0.4, -0.2) is 59.0 Å². The van der Waals surface area contributed by atoms with Gasteiger partial charge in [-0.1, -0.05) is 47.5 Å². The summed E-state index contributed by atoms with van der Waals surface area (Å²) >= 11 is 0. The van der Waals surface area contributed by atoms with Crippen molar-refractivity contribution in [3.8, 4) is 0 Å². The molecular weight excluding hydrogens is 436 g/mol. The Balaban J connectivity index is 1.84. The van der Waals surface area contributed by atoms with E-state index >= 15 is 0 Å². The van der Waals surface area contributed by atoms with Gasteiger partial charge in [-0.15, -0.1) is 0 Å². The third-order valence-corrected chi connectivity index (χ3v) is 7.49. The van der Waals surface area contributed by atoms with Gasteiger partial charge < -0.3 is 21.3 Å². The van der Waals surface area contributed by atoms with Crippen LogP contribution in [0.5, 0.6) is 0 Å². The molecule has 0 radical (unpaired) electrons. The van der Waals surface area contributed by atoms with E-state index in [4.69, 9.17) is 5.73 Å². The Kier molecular flexibility index (Phi) is 8.03. The van der Waals surface area contributed by atoms with Crippen molar-refractivity contribution >= 4 is 29.4 Å². The zero-order valence-corrected chi connectivity index (χ0v) is 21.0. The SMILES string of the molecule is CC(C)C(=O)N[C@H](C(=O)N1C[C@H](C)[C@H](C(C)C)[C@H]1C(=O)NC(CC1CC1)C(=O)C(N)=O)C1CC1. The lowest BCUT2D eigenvalue weighted by molar-refractivity contribution is -0.144. The van der Waals surface area contributed by atoms with Crippen LogP contribution in [-0.2, 0) is 24.0 Å². The highest BCUT2D eigenvalue weighted by Gasteiger charge is 2.51. The number of hydrogen-bond donors (Lipinski definition) is 3. The third kappa shape index (κ3) is 5.96. The minimum absolute atomic E-state index is 0.0640. The number of likely N-dealkylation sites (tertiary alicyclic amines) is 1. The van der Waals surface area contributed by atoms with Crippen molar-refractivity contribution < 1.29 is 24.0 Å². The predicted molar refractivity (Wildman–Crippen MR) is 126 cm³/mol. The predicted octanol–water partition coefficient (Wildman–Crippen LogP) is 0.996. The molecule has 3 rings (SSSR count). The van der Waals surface area contributed by atoms with E-state index in [1.165, 1.54) is 0 Å². The molecule has 0 aromatic heterocycles. The minimum Gasteiger partial charge on any atom is -0.363 e. The fraction of sp³-hybridized carbons (Fsp3) is 0.800. The first kappa shape index (κ1) is 26.2. The number of nitrogens with one attached hydrogen (secondary N) is 2. The molecular formula is C25H40N4O5. The normalized spacial score (nSPS) is 26.3. The van der Waals surface area contributed by atoms with Crippen LogP contribution in [0, 0.1) is 35.5 Å². The lowest BCUT2D eigenvalue weighted by Gasteiger charge is -2.33. The summed E-state index contributed by atoms with van der Waals surface area (Å²) in [6.07, 6.45) is 4.01. The largest absolute Gasteiger partial charge is 0.363 e. The molecule has 0 bridgehead atoms. The number of ketones is 1. The van der Waals surface area contributed by atoms with Gasteiger partial charge in [0.1, 0.15) is 12.1 Å². The maximum atomic E-state index is 13.7. The summed E-state index contributed by atoms with van der Waals surface area (Å²) in [4.78, 5) is 65.3. The van der Waals surface area contributed by atoms with Crippen LogP contribution in [0.3, 0.4) is 0 Å². The summed E-state index contributed by atoms with van der Waals surface area (Å²) in [6.45, 7) is 10.0. The van der Waals surface area contributed by atoms with E-state index in [9.17, 15) is 24.0 Å². The fourth-order valence-corrected chi connectivity index (χ4v) is 5.29. The van der Waals surface area contributed by atoms with E-state index in [1.54, 1.807) is 18.7 Å². The van der Waals surface area contributed by atoms with Crippen LogP contribution in [0.15, 0.2) is 0 Å².